The van der Waals surface area contributed by atoms with Crippen LogP contribution in [0.25, 0.3) is 0 Å². The van der Waals surface area contributed by atoms with Gasteiger partial charge in [-0.25, -0.2) is 0 Å². The lowest BCUT2D eigenvalue weighted by atomic mass is 10.2. The van der Waals surface area contributed by atoms with Crippen molar-refractivity contribution in [1.82, 2.24) is 4.90 Å². The number of hydrogen-bond donors (Lipinski definition) is 1. The van der Waals surface area contributed by atoms with Gasteiger partial charge in [-0.3, -0.25) is 4.79 Å². The standard InChI is InChI=1S/C11H22N2O/c1-13(10-6-2-3-7-10)11(14)8-4-5-9-12/h10H,2-9,12H2,1H3. The lowest BCUT2D eigenvalue weighted by Crippen LogP contribution is -2.35. The Bertz CT molecular complexity index is 176. The zero-order valence-corrected chi connectivity index (χ0v) is 9.17. The van der Waals surface area contributed by atoms with Crippen molar-refractivity contribution in [2.24, 2.45) is 5.73 Å². The summed E-state index contributed by atoms with van der Waals surface area (Å²) >= 11 is 0. The molecule has 1 fully saturated rings. The maximum atomic E-state index is 11.7. The van der Waals surface area contributed by atoms with Gasteiger partial charge >= 0.3 is 0 Å². The van der Waals surface area contributed by atoms with Crippen LogP contribution in [-0.2, 0) is 4.79 Å². The molecule has 0 aromatic rings. The molecule has 14 heavy (non-hydrogen) atoms. The number of nitrogens with two attached hydrogens (primary N) is 1. The van der Waals surface area contributed by atoms with E-state index in [-0.39, 0.29) is 0 Å². The van der Waals surface area contributed by atoms with E-state index in [9.17, 15) is 4.79 Å². The molecule has 0 atom stereocenters. The third-order valence-electron chi connectivity index (χ3n) is 3.11. The molecule has 82 valence electrons. The van der Waals surface area contributed by atoms with Crippen molar-refractivity contribution in [3.8, 4) is 0 Å². The Morgan fingerprint density at radius 1 is 1.36 bits per heavy atom. The van der Waals surface area contributed by atoms with Gasteiger partial charge in [-0.05, 0) is 32.2 Å². The second kappa shape index (κ2) is 6.02. The van der Waals surface area contributed by atoms with E-state index in [0.717, 1.165) is 12.8 Å². The minimum Gasteiger partial charge on any atom is -0.343 e. The zero-order valence-electron chi connectivity index (χ0n) is 9.17. The Morgan fingerprint density at radius 2 is 2.00 bits per heavy atom. The van der Waals surface area contributed by atoms with Gasteiger partial charge in [0.2, 0.25) is 5.91 Å². The Kier molecular flexibility index (Phi) is 4.94. The summed E-state index contributed by atoms with van der Waals surface area (Å²) in [6.45, 7) is 0.695. The number of carbonyl (C=O) groups excluding carboxylic acids is 1. The van der Waals surface area contributed by atoms with E-state index >= 15 is 0 Å². The monoisotopic (exact) mass is 198 g/mol. The van der Waals surface area contributed by atoms with Gasteiger partial charge in [-0.15, -0.1) is 0 Å². The molecule has 0 unspecified atom stereocenters. The average Bonchev–Trinajstić information content (AvgIpc) is 2.69. The van der Waals surface area contributed by atoms with Gasteiger partial charge < -0.3 is 10.6 Å². The highest BCUT2D eigenvalue weighted by molar-refractivity contribution is 5.76. The highest BCUT2D eigenvalue weighted by Crippen LogP contribution is 2.22. The summed E-state index contributed by atoms with van der Waals surface area (Å²) in [5.41, 5.74) is 5.39. The van der Waals surface area contributed by atoms with E-state index in [4.69, 9.17) is 5.73 Å². The van der Waals surface area contributed by atoms with Gasteiger partial charge in [-0.1, -0.05) is 12.8 Å². The van der Waals surface area contributed by atoms with Crippen LogP contribution in [0.4, 0.5) is 0 Å². The van der Waals surface area contributed by atoms with Gasteiger partial charge in [0.1, 0.15) is 0 Å². The number of hydrogen-bond acceptors (Lipinski definition) is 2. The molecule has 1 aliphatic rings. The first-order valence-corrected chi connectivity index (χ1v) is 5.71. The van der Waals surface area contributed by atoms with E-state index in [1.807, 2.05) is 11.9 Å². The van der Waals surface area contributed by atoms with Crippen LogP contribution in [0.1, 0.15) is 44.9 Å². The second-order valence-corrected chi connectivity index (χ2v) is 4.19. The lowest BCUT2D eigenvalue weighted by Gasteiger charge is -2.24. The highest BCUT2D eigenvalue weighted by atomic mass is 16.2. The predicted octanol–water partition coefficient (Wildman–Crippen LogP) is 1.52. The molecule has 0 aromatic heterocycles. The van der Waals surface area contributed by atoms with Gasteiger partial charge in [0, 0.05) is 19.5 Å². The van der Waals surface area contributed by atoms with Crippen LogP contribution < -0.4 is 5.73 Å². The molecule has 3 nitrogen and oxygen atoms in total. The van der Waals surface area contributed by atoms with Crippen LogP contribution in [0.3, 0.4) is 0 Å². The third-order valence-corrected chi connectivity index (χ3v) is 3.11. The number of rotatable bonds is 5. The van der Waals surface area contributed by atoms with Crippen molar-refractivity contribution in [3.63, 3.8) is 0 Å². The summed E-state index contributed by atoms with van der Waals surface area (Å²) in [6.07, 6.45) is 7.52. The first-order chi connectivity index (χ1) is 6.75. The molecule has 1 amide bonds. The fourth-order valence-corrected chi connectivity index (χ4v) is 2.09. The minimum absolute atomic E-state index is 0.297. The van der Waals surface area contributed by atoms with Gasteiger partial charge in [-0.2, -0.15) is 0 Å². The predicted molar refractivity (Wildman–Crippen MR) is 57.9 cm³/mol. The van der Waals surface area contributed by atoms with E-state index in [1.54, 1.807) is 0 Å². The third kappa shape index (κ3) is 3.29. The molecule has 3 heteroatoms. The summed E-state index contributed by atoms with van der Waals surface area (Å²) in [4.78, 5) is 13.6. The average molecular weight is 198 g/mol. The van der Waals surface area contributed by atoms with Crippen LogP contribution in [-0.4, -0.2) is 30.4 Å². The molecule has 0 radical (unpaired) electrons. The van der Waals surface area contributed by atoms with E-state index < -0.39 is 0 Å². The topological polar surface area (TPSA) is 46.3 Å². The quantitative estimate of drug-likeness (QED) is 0.681. The maximum Gasteiger partial charge on any atom is 0.222 e. The van der Waals surface area contributed by atoms with Crippen molar-refractivity contribution in [1.29, 1.82) is 0 Å². The van der Waals surface area contributed by atoms with Gasteiger partial charge in [0.05, 0.1) is 0 Å². The van der Waals surface area contributed by atoms with Crippen LogP contribution in [0.2, 0.25) is 0 Å². The van der Waals surface area contributed by atoms with Crippen LogP contribution in [0.15, 0.2) is 0 Å². The van der Waals surface area contributed by atoms with Crippen LogP contribution >= 0.6 is 0 Å². The summed E-state index contributed by atoms with van der Waals surface area (Å²) in [5.74, 6) is 0.297. The maximum absolute atomic E-state index is 11.7. The van der Waals surface area contributed by atoms with Crippen molar-refractivity contribution < 1.29 is 4.79 Å². The molecule has 1 rings (SSSR count). The molecule has 0 saturated heterocycles. The first kappa shape index (κ1) is 11.5. The van der Waals surface area contributed by atoms with Crippen LogP contribution in [0.5, 0.6) is 0 Å². The van der Waals surface area contributed by atoms with Crippen molar-refractivity contribution in [2.45, 2.75) is 51.0 Å². The Hall–Kier alpha value is -0.570. The fourth-order valence-electron chi connectivity index (χ4n) is 2.09. The van der Waals surface area contributed by atoms with E-state index in [0.29, 0.717) is 24.9 Å². The number of unbranched alkanes of at least 4 members (excludes halogenated alkanes) is 1. The van der Waals surface area contributed by atoms with Crippen molar-refractivity contribution in [3.05, 3.63) is 0 Å². The molecule has 0 aliphatic heterocycles. The molecular formula is C11H22N2O. The molecule has 1 saturated carbocycles. The Labute approximate surface area is 86.6 Å². The molecule has 0 heterocycles. The number of amides is 1. The van der Waals surface area contributed by atoms with Crippen molar-refractivity contribution >= 4 is 5.91 Å². The summed E-state index contributed by atoms with van der Waals surface area (Å²) in [5, 5.41) is 0. The molecular weight excluding hydrogens is 176 g/mol. The summed E-state index contributed by atoms with van der Waals surface area (Å²) in [7, 11) is 1.95. The van der Waals surface area contributed by atoms with Crippen LogP contribution in [0, 0.1) is 0 Å². The molecule has 0 bridgehead atoms. The Balaban J connectivity index is 2.21. The fraction of sp³-hybridized carbons (Fsp3) is 0.909. The number of carbonyl (C=O) groups is 1. The normalized spacial score (nSPS) is 17.3. The largest absolute Gasteiger partial charge is 0.343 e. The minimum atomic E-state index is 0.297. The summed E-state index contributed by atoms with van der Waals surface area (Å²) in [6, 6.07) is 0.514. The molecule has 1 aliphatic carbocycles. The molecule has 0 aromatic carbocycles. The lowest BCUT2D eigenvalue weighted by molar-refractivity contribution is -0.131. The highest BCUT2D eigenvalue weighted by Gasteiger charge is 2.22. The summed E-state index contributed by atoms with van der Waals surface area (Å²) < 4.78 is 0. The molecule has 0 spiro atoms. The van der Waals surface area contributed by atoms with Gasteiger partial charge in [0.25, 0.3) is 0 Å². The second-order valence-electron chi connectivity index (χ2n) is 4.19. The van der Waals surface area contributed by atoms with E-state index in [1.165, 1.54) is 25.7 Å². The van der Waals surface area contributed by atoms with Gasteiger partial charge in [0.15, 0.2) is 0 Å². The SMILES string of the molecule is CN(C(=O)CCCCN)C1CCCC1. The Morgan fingerprint density at radius 3 is 2.57 bits per heavy atom. The molecule has 2 N–H and O–H groups in total. The first-order valence-electron chi connectivity index (χ1n) is 5.71. The zero-order chi connectivity index (χ0) is 10.4. The van der Waals surface area contributed by atoms with Crippen molar-refractivity contribution in [2.75, 3.05) is 13.6 Å². The smallest absolute Gasteiger partial charge is 0.222 e. The van der Waals surface area contributed by atoms with E-state index in [2.05, 4.69) is 0 Å². The number of nitrogens with zero attached hydrogens (tertiary/aromatic N) is 1.